The predicted molar refractivity (Wildman–Crippen MR) is 62.8 cm³/mol. The smallest absolute Gasteiger partial charge is 0.165 e. The first-order chi connectivity index (χ1) is 6.19. The van der Waals surface area contributed by atoms with Crippen molar-refractivity contribution in [2.45, 2.75) is 27.3 Å². The van der Waals surface area contributed by atoms with Gasteiger partial charge >= 0.3 is 0 Å². The summed E-state index contributed by atoms with van der Waals surface area (Å²) in [6.07, 6.45) is 0. The zero-order valence-corrected chi connectivity index (χ0v) is 11.1. The number of aryl methyl sites for hydroxylation is 1. The van der Waals surface area contributed by atoms with Crippen LogP contribution in [0.3, 0.4) is 0 Å². The maximum atomic E-state index is 5.19. The first-order valence-electron chi connectivity index (χ1n) is 4.52. The maximum absolute atomic E-state index is 5.19. The molecule has 14 heavy (non-hydrogen) atoms. The van der Waals surface area contributed by atoms with Crippen LogP contribution in [-0.2, 0) is 6.54 Å². The Bertz CT molecular complexity index is 274. The van der Waals surface area contributed by atoms with Gasteiger partial charge in [-0.1, -0.05) is 19.0 Å². The molecule has 1 aromatic heterocycles. The van der Waals surface area contributed by atoms with Crippen LogP contribution in [0.2, 0.25) is 0 Å². The van der Waals surface area contributed by atoms with Gasteiger partial charge in [-0.15, -0.1) is 12.4 Å². The Kier molecular flexibility index (Phi) is 6.40. The van der Waals surface area contributed by atoms with E-state index in [9.17, 15) is 0 Å². The zero-order chi connectivity index (χ0) is 9.84. The van der Waals surface area contributed by atoms with Crippen LogP contribution in [0.1, 0.15) is 25.3 Å². The molecule has 0 unspecified atom stereocenters. The second-order valence-electron chi connectivity index (χ2n) is 2.97. The third kappa shape index (κ3) is 3.26. The van der Waals surface area contributed by atoms with Gasteiger partial charge in [0.25, 0.3) is 0 Å². The lowest BCUT2D eigenvalue weighted by Gasteiger charge is -2.15. The van der Waals surface area contributed by atoms with Crippen molar-refractivity contribution in [1.82, 2.24) is 10.1 Å². The summed E-state index contributed by atoms with van der Waals surface area (Å²) < 4.78 is 6.19. The third-order valence-electron chi connectivity index (χ3n) is 2.12. The van der Waals surface area contributed by atoms with Crippen molar-refractivity contribution >= 4 is 28.3 Å². The normalized spacial score (nSPS) is 10.4. The van der Waals surface area contributed by atoms with Gasteiger partial charge in [0.1, 0.15) is 0 Å². The molecular formula is C9H16BrClN2O. The first kappa shape index (κ1) is 13.9. The fourth-order valence-corrected chi connectivity index (χ4v) is 1.42. The minimum Gasteiger partial charge on any atom is -0.359 e. The van der Waals surface area contributed by atoms with Crippen LogP contribution in [-0.4, -0.2) is 23.1 Å². The molecule has 0 amide bonds. The van der Waals surface area contributed by atoms with Gasteiger partial charge < -0.3 is 4.52 Å². The summed E-state index contributed by atoms with van der Waals surface area (Å²) in [5.41, 5.74) is 0.919. The van der Waals surface area contributed by atoms with E-state index in [0.717, 1.165) is 35.6 Å². The molecule has 1 rings (SSSR count). The molecule has 3 nitrogen and oxygen atoms in total. The second kappa shape index (κ2) is 6.43. The van der Waals surface area contributed by atoms with Crippen LogP contribution in [0.4, 0.5) is 0 Å². The molecule has 0 N–H and O–H groups in total. The Hall–Kier alpha value is -0.0600. The Balaban J connectivity index is 0.00000169. The number of hydrogen-bond donors (Lipinski definition) is 0. The molecule has 82 valence electrons. The second-order valence-corrected chi connectivity index (χ2v) is 3.76. The number of rotatable bonds is 4. The largest absolute Gasteiger partial charge is 0.359 e. The monoisotopic (exact) mass is 282 g/mol. The van der Waals surface area contributed by atoms with Crippen LogP contribution < -0.4 is 0 Å². The van der Waals surface area contributed by atoms with Gasteiger partial charge in [-0.05, 0) is 35.9 Å². The van der Waals surface area contributed by atoms with E-state index in [1.807, 2.05) is 6.92 Å². The highest BCUT2D eigenvalue weighted by molar-refractivity contribution is 9.10. The molecular weight excluding hydrogens is 267 g/mol. The van der Waals surface area contributed by atoms with E-state index < -0.39 is 0 Å². The molecule has 0 aliphatic heterocycles. The molecule has 0 fully saturated rings. The fourth-order valence-electron chi connectivity index (χ4n) is 1.15. The third-order valence-corrected chi connectivity index (χ3v) is 3.13. The Labute approximate surface area is 99.4 Å². The van der Waals surface area contributed by atoms with Gasteiger partial charge in [0.05, 0.1) is 16.7 Å². The van der Waals surface area contributed by atoms with Gasteiger partial charge in [0, 0.05) is 0 Å². The molecule has 1 heterocycles. The van der Waals surface area contributed by atoms with E-state index in [1.54, 1.807) is 0 Å². The highest BCUT2D eigenvalue weighted by atomic mass is 79.9. The van der Waals surface area contributed by atoms with Gasteiger partial charge in [-0.2, -0.15) is 0 Å². The molecule has 0 saturated heterocycles. The van der Waals surface area contributed by atoms with Crippen LogP contribution in [0.25, 0.3) is 0 Å². The van der Waals surface area contributed by atoms with E-state index in [2.05, 4.69) is 39.8 Å². The average Bonchev–Trinajstić information content (AvgIpc) is 2.45. The van der Waals surface area contributed by atoms with Crippen molar-refractivity contribution in [2.75, 3.05) is 13.1 Å². The Morgan fingerprint density at radius 2 is 1.93 bits per heavy atom. The van der Waals surface area contributed by atoms with Crippen LogP contribution in [0, 0.1) is 6.92 Å². The summed E-state index contributed by atoms with van der Waals surface area (Å²) in [4.78, 5) is 2.28. The summed E-state index contributed by atoms with van der Waals surface area (Å²) in [6, 6.07) is 0. The highest BCUT2D eigenvalue weighted by Gasteiger charge is 2.12. The molecule has 0 aromatic carbocycles. The number of aromatic nitrogens is 1. The summed E-state index contributed by atoms with van der Waals surface area (Å²) in [5, 5.41) is 3.89. The highest BCUT2D eigenvalue weighted by Crippen LogP contribution is 2.21. The van der Waals surface area contributed by atoms with Crippen molar-refractivity contribution in [3.8, 4) is 0 Å². The van der Waals surface area contributed by atoms with E-state index >= 15 is 0 Å². The van der Waals surface area contributed by atoms with Gasteiger partial charge in [0.15, 0.2) is 5.76 Å². The van der Waals surface area contributed by atoms with Crippen molar-refractivity contribution in [1.29, 1.82) is 0 Å². The first-order valence-corrected chi connectivity index (χ1v) is 5.31. The van der Waals surface area contributed by atoms with E-state index in [-0.39, 0.29) is 12.4 Å². The minimum absolute atomic E-state index is 0. The zero-order valence-electron chi connectivity index (χ0n) is 8.71. The summed E-state index contributed by atoms with van der Waals surface area (Å²) in [6.45, 7) is 9.10. The lowest BCUT2D eigenvalue weighted by molar-refractivity contribution is 0.250. The summed E-state index contributed by atoms with van der Waals surface area (Å²) in [5.74, 6) is 0.918. The van der Waals surface area contributed by atoms with Crippen LogP contribution in [0.5, 0.6) is 0 Å². The number of halogens is 2. The van der Waals surface area contributed by atoms with Crippen molar-refractivity contribution in [3.05, 3.63) is 15.9 Å². The van der Waals surface area contributed by atoms with E-state index in [1.165, 1.54) is 0 Å². The van der Waals surface area contributed by atoms with Crippen molar-refractivity contribution in [2.24, 2.45) is 0 Å². The van der Waals surface area contributed by atoms with Crippen molar-refractivity contribution < 1.29 is 4.52 Å². The SMILES string of the molecule is CCN(CC)Cc1onc(C)c1Br.Cl. The predicted octanol–water partition coefficient (Wildman–Crippen LogP) is 3.01. The number of hydrogen-bond acceptors (Lipinski definition) is 3. The summed E-state index contributed by atoms with van der Waals surface area (Å²) >= 11 is 3.45. The lowest BCUT2D eigenvalue weighted by atomic mass is 10.3. The Morgan fingerprint density at radius 3 is 2.29 bits per heavy atom. The van der Waals surface area contributed by atoms with E-state index in [4.69, 9.17) is 4.52 Å². The van der Waals surface area contributed by atoms with Crippen LogP contribution >= 0.6 is 28.3 Å². The molecule has 5 heteroatoms. The van der Waals surface area contributed by atoms with E-state index in [0.29, 0.717) is 0 Å². The molecule has 1 aromatic rings. The molecule has 0 aliphatic rings. The van der Waals surface area contributed by atoms with Gasteiger partial charge in [-0.25, -0.2) is 0 Å². The van der Waals surface area contributed by atoms with Crippen LogP contribution in [0.15, 0.2) is 9.00 Å². The minimum atomic E-state index is 0. The molecule has 0 aliphatic carbocycles. The molecule has 0 spiro atoms. The molecule has 0 radical (unpaired) electrons. The standard InChI is InChI=1S/C9H15BrN2O.ClH/c1-4-12(5-2)6-8-9(10)7(3)11-13-8;/h4-6H2,1-3H3;1H. The fraction of sp³-hybridized carbons (Fsp3) is 0.667. The average molecular weight is 284 g/mol. The number of nitrogens with zero attached hydrogens (tertiary/aromatic N) is 2. The molecule has 0 saturated carbocycles. The maximum Gasteiger partial charge on any atom is 0.165 e. The molecule has 0 bridgehead atoms. The lowest BCUT2D eigenvalue weighted by Crippen LogP contribution is -2.21. The quantitative estimate of drug-likeness (QED) is 0.850. The summed E-state index contributed by atoms with van der Waals surface area (Å²) in [7, 11) is 0. The van der Waals surface area contributed by atoms with Gasteiger partial charge in [-0.3, -0.25) is 4.90 Å². The van der Waals surface area contributed by atoms with Crippen molar-refractivity contribution in [3.63, 3.8) is 0 Å². The Morgan fingerprint density at radius 1 is 1.36 bits per heavy atom. The molecule has 0 atom stereocenters. The topological polar surface area (TPSA) is 29.3 Å². The van der Waals surface area contributed by atoms with Gasteiger partial charge in [0.2, 0.25) is 0 Å².